The molecule has 1 heterocycles. The molecule has 2 rings (SSSR count). The minimum Gasteiger partial charge on any atom is -0.496 e. The second-order valence-corrected chi connectivity index (χ2v) is 5.54. The largest absolute Gasteiger partial charge is 0.496 e. The maximum absolute atomic E-state index is 5.52. The molecule has 1 aliphatic rings. The first kappa shape index (κ1) is 14.6. The maximum atomic E-state index is 5.52. The summed E-state index contributed by atoms with van der Waals surface area (Å²) < 4.78 is 12.0. The predicted octanol–water partition coefficient (Wildman–Crippen LogP) is 2.18. The number of aryl methyl sites for hydroxylation is 1. The lowest BCUT2D eigenvalue weighted by atomic mass is 10.1. The Hall–Kier alpha value is -0.780. The topological polar surface area (TPSA) is 33.7 Å². The summed E-state index contributed by atoms with van der Waals surface area (Å²) in [4.78, 5) is 2.42. The summed E-state index contributed by atoms with van der Waals surface area (Å²) in [5.41, 5.74) is 2.24. The summed E-state index contributed by atoms with van der Waals surface area (Å²) >= 11 is 3.66. The van der Waals surface area contributed by atoms with E-state index in [4.69, 9.17) is 9.47 Å². The van der Waals surface area contributed by atoms with Crippen molar-refractivity contribution < 1.29 is 9.47 Å². The zero-order chi connectivity index (χ0) is 13.8. The number of halogens is 1. The van der Waals surface area contributed by atoms with Crippen molar-refractivity contribution in [3.8, 4) is 11.5 Å². The summed E-state index contributed by atoms with van der Waals surface area (Å²) in [6, 6.07) is 2.04. The Balaban J connectivity index is 2.31. The van der Waals surface area contributed by atoms with Crippen molar-refractivity contribution in [1.82, 2.24) is 10.2 Å². The minimum absolute atomic E-state index is 0.877. The van der Waals surface area contributed by atoms with Gasteiger partial charge in [0.1, 0.15) is 11.5 Å². The van der Waals surface area contributed by atoms with Crippen LogP contribution < -0.4 is 14.8 Å². The van der Waals surface area contributed by atoms with Crippen LogP contribution in [0.1, 0.15) is 11.1 Å². The van der Waals surface area contributed by atoms with Gasteiger partial charge in [-0.25, -0.2) is 0 Å². The first-order valence-electron chi connectivity index (χ1n) is 6.50. The van der Waals surface area contributed by atoms with Gasteiger partial charge < -0.3 is 14.8 Å². The highest BCUT2D eigenvalue weighted by Crippen LogP contribution is 2.38. The molecule has 1 saturated heterocycles. The lowest BCUT2D eigenvalue weighted by Gasteiger charge is -2.28. The Morgan fingerprint density at radius 3 is 2.53 bits per heavy atom. The van der Waals surface area contributed by atoms with E-state index in [2.05, 4.69) is 26.1 Å². The molecule has 0 amide bonds. The molecule has 1 aromatic rings. The highest BCUT2D eigenvalue weighted by Gasteiger charge is 2.19. The SMILES string of the molecule is COc1cc(C)c(OC)c(Br)c1CN1CCNCC1. The number of hydrogen-bond donors (Lipinski definition) is 1. The third-order valence-electron chi connectivity index (χ3n) is 3.48. The van der Waals surface area contributed by atoms with Crippen LogP contribution in [0, 0.1) is 6.92 Å². The standard InChI is InChI=1S/C14H21BrN2O2/c1-10-8-12(18-2)11(13(15)14(10)19-3)9-17-6-4-16-5-7-17/h8,16H,4-7,9H2,1-3H3. The van der Waals surface area contributed by atoms with Gasteiger partial charge in [0, 0.05) is 38.3 Å². The smallest absolute Gasteiger partial charge is 0.136 e. The monoisotopic (exact) mass is 328 g/mol. The van der Waals surface area contributed by atoms with Gasteiger partial charge in [0.2, 0.25) is 0 Å². The molecule has 0 spiro atoms. The molecule has 0 saturated carbocycles. The normalized spacial score (nSPS) is 16.4. The zero-order valence-electron chi connectivity index (χ0n) is 11.8. The van der Waals surface area contributed by atoms with Crippen LogP contribution in [-0.2, 0) is 6.54 Å². The molecule has 19 heavy (non-hydrogen) atoms. The number of hydrogen-bond acceptors (Lipinski definition) is 4. The third-order valence-corrected chi connectivity index (χ3v) is 4.32. The van der Waals surface area contributed by atoms with Gasteiger partial charge in [-0.3, -0.25) is 4.90 Å². The number of benzene rings is 1. The number of nitrogens with one attached hydrogen (secondary N) is 1. The van der Waals surface area contributed by atoms with Crippen molar-refractivity contribution in [1.29, 1.82) is 0 Å². The molecule has 0 bridgehead atoms. The van der Waals surface area contributed by atoms with Crippen LogP contribution in [0.2, 0.25) is 0 Å². The number of piperazine rings is 1. The van der Waals surface area contributed by atoms with Gasteiger partial charge in [-0.15, -0.1) is 0 Å². The number of nitrogens with zero attached hydrogens (tertiary/aromatic N) is 1. The lowest BCUT2D eigenvalue weighted by molar-refractivity contribution is 0.229. The molecule has 0 radical (unpaired) electrons. The van der Waals surface area contributed by atoms with E-state index in [1.54, 1.807) is 14.2 Å². The molecule has 5 heteroatoms. The molecule has 1 fully saturated rings. The number of rotatable bonds is 4. The first-order valence-corrected chi connectivity index (χ1v) is 7.29. The maximum Gasteiger partial charge on any atom is 0.136 e. The van der Waals surface area contributed by atoms with Crippen LogP contribution in [0.3, 0.4) is 0 Å². The van der Waals surface area contributed by atoms with E-state index in [0.29, 0.717) is 0 Å². The Morgan fingerprint density at radius 1 is 1.26 bits per heavy atom. The van der Waals surface area contributed by atoms with Crippen molar-refractivity contribution >= 4 is 15.9 Å². The summed E-state index contributed by atoms with van der Waals surface area (Å²) in [7, 11) is 3.42. The van der Waals surface area contributed by atoms with Crippen molar-refractivity contribution in [2.45, 2.75) is 13.5 Å². The lowest BCUT2D eigenvalue weighted by Crippen LogP contribution is -2.43. The Morgan fingerprint density at radius 2 is 1.95 bits per heavy atom. The highest BCUT2D eigenvalue weighted by atomic mass is 79.9. The van der Waals surface area contributed by atoms with E-state index in [0.717, 1.165) is 59.8 Å². The molecule has 4 nitrogen and oxygen atoms in total. The molecule has 1 aromatic carbocycles. The van der Waals surface area contributed by atoms with Crippen LogP contribution in [0.25, 0.3) is 0 Å². The Labute approximate surface area is 123 Å². The fourth-order valence-corrected chi connectivity index (χ4v) is 3.24. The minimum atomic E-state index is 0.877. The average molecular weight is 329 g/mol. The van der Waals surface area contributed by atoms with Crippen LogP contribution >= 0.6 is 15.9 Å². The molecule has 1 N–H and O–H groups in total. The third kappa shape index (κ3) is 3.22. The van der Waals surface area contributed by atoms with Gasteiger partial charge in [0.15, 0.2) is 0 Å². The second-order valence-electron chi connectivity index (χ2n) is 4.75. The van der Waals surface area contributed by atoms with Crippen molar-refractivity contribution in [2.75, 3.05) is 40.4 Å². The van der Waals surface area contributed by atoms with Gasteiger partial charge in [0.05, 0.1) is 18.7 Å². The van der Waals surface area contributed by atoms with Crippen molar-refractivity contribution in [3.63, 3.8) is 0 Å². The number of ether oxygens (including phenoxy) is 2. The average Bonchev–Trinajstić information content (AvgIpc) is 2.43. The van der Waals surface area contributed by atoms with Gasteiger partial charge in [-0.05, 0) is 34.5 Å². The molecular weight excluding hydrogens is 308 g/mol. The fraction of sp³-hybridized carbons (Fsp3) is 0.571. The van der Waals surface area contributed by atoms with E-state index in [1.807, 2.05) is 13.0 Å². The van der Waals surface area contributed by atoms with Gasteiger partial charge in [-0.2, -0.15) is 0 Å². The van der Waals surface area contributed by atoms with Crippen molar-refractivity contribution in [3.05, 3.63) is 21.7 Å². The summed E-state index contributed by atoms with van der Waals surface area (Å²) in [5, 5.41) is 3.37. The summed E-state index contributed by atoms with van der Waals surface area (Å²) in [6.45, 7) is 7.12. The fourth-order valence-electron chi connectivity index (χ4n) is 2.44. The molecule has 0 aromatic heterocycles. The molecular formula is C14H21BrN2O2. The van der Waals surface area contributed by atoms with Crippen molar-refractivity contribution in [2.24, 2.45) is 0 Å². The first-order chi connectivity index (χ1) is 9.17. The van der Waals surface area contributed by atoms with Crippen LogP contribution in [0.4, 0.5) is 0 Å². The molecule has 1 aliphatic heterocycles. The predicted molar refractivity (Wildman–Crippen MR) is 80.1 cm³/mol. The molecule has 0 aliphatic carbocycles. The molecule has 0 unspecified atom stereocenters. The van der Waals surface area contributed by atoms with E-state index >= 15 is 0 Å². The summed E-state index contributed by atoms with van der Waals surface area (Å²) in [5.74, 6) is 1.81. The Bertz CT molecular complexity index is 446. The van der Waals surface area contributed by atoms with Gasteiger partial charge >= 0.3 is 0 Å². The van der Waals surface area contributed by atoms with E-state index in [-0.39, 0.29) is 0 Å². The van der Waals surface area contributed by atoms with Gasteiger partial charge in [-0.1, -0.05) is 0 Å². The quantitative estimate of drug-likeness (QED) is 0.918. The molecule has 0 atom stereocenters. The molecule has 106 valence electrons. The van der Waals surface area contributed by atoms with Crippen LogP contribution in [0.5, 0.6) is 11.5 Å². The zero-order valence-corrected chi connectivity index (χ0v) is 13.3. The van der Waals surface area contributed by atoms with Crippen LogP contribution in [-0.4, -0.2) is 45.3 Å². The highest BCUT2D eigenvalue weighted by molar-refractivity contribution is 9.10. The van der Waals surface area contributed by atoms with E-state index < -0.39 is 0 Å². The van der Waals surface area contributed by atoms with Crippen LogP contribution in [0.15, 0.2) is 10.5 Å². The van der Waals surface area contributed by atoms with E-state index in [1.165, 1.54) is 0 Å². The van der Waals surface area contributed by atoms with Gasteiger partial charge in [0.25, 0.3) is 0 Å². The Kier molecular flexibility index (Phi) is 5.07. The van der Waals surface area contributed by atoms with E-state index in [9.17, 15) is 0 Å². The summed E-state index contributed by atoms with van der Waals surface area (Å²) in [6.07, 6.45) is 0. The second kappa shape index (κ2) is 6.59. The number of methoxy groups -OCH3 is 2.